The van der Waals surface area contributed by atoms with Crippen molar-refractivity contribution in [2.24, 2.45) is 0 Å². The number of nitrogens with zero attached hydrogens (tertiary/aromatic N) is 3. The Morgan fingerprint density at radius 3 is 2.16 bits per heavy atom. The minimum atomic E-state index is -0.926. The molecule has 0 radical (unpaired) electrons. The first kappa shape index (κ1) is 28.2. The van der Waals surface area contributed by atoms with Gasteiger partial charge in [0.05, 0.1) is 17.0 Å². The monoisotopic (exact) mass is 573 g/mol. The molecule has 7 nitrogen and oxygen atoms in total. The number of hydrogen-bond acceptors (Lipinski definition) is 5. The van der Waals surface area contributed by atoms with Crippen molar-refractivity contribution in [1.82, 2.24) is 14.5 Å². The molecule has 5 aromatic rings. The fourth-order valence-electron chi connectivity index (χ4n) is 5.53. The van der Waals surface area contributed by atoms with E-state index in [1.807, 2.05) is 36.4 Å². The van der Waals surface area contributed by atoms with Crippen LogP contribution in [0.25, 0.3) is 22.6 Å². The number of aromatic carboxylic acids is 1. The van der Waals surface area contributed by atoms with Gasteiger partial charge in [-0.1, -0.05) is 92.2 Å². The minimum Gasteiger partial charge on any atom is -0.478 e. The molecule has 0 spiro atoms. The summed E-state index contributed by atoms with van der Waals surface area (Å²) >= 11 is 0. The molecule has 0 amide bonds. The van der Waals surface area contributed by atoms with Crippen LogP contribution in [0.5, 0.6) is 11.5 Å². The average molecular weight is 574 g/mol. The van der Waals surface area contributed by atoms with Gasteiger partial charge in [0, 0.05) is 37.3 Å². The fourth-order valence-corrected chi connectivity index (χ4v) is 5.53. The first-order chi connectivity index (χ1) is 21.1. The Hall–Kier alpha value is -4.88. The van der Waals surface area contributed by atoms with E-state index >= 15 is 0 Å². The number of rotatable bonds is 12. The Kier molecular flexibility index (Phi) is 8.52. The molecule has 0 bridgehead atoms. The number of benzene rings is 4. The van der Waals surface area contributed by atoms with Crippen molar-refractivity contribution in [3.8, 4) is 34.1 Å². The Balaban J connectivity index is 1.43. The van der Waals surface area contributed by atoms with Gasteiger partial charge in [0.1, 0.15) is 5.82 Å². The topological polar surface area (TPSA) is 76.8 Å². The van der Waals surface area contributed by atoms with Crippen LogP contribution in [0.4, 0.5) is 0 Å². The first-order valence-electron chi connectivity index (χ1n) is 14.7. The van der Waals surface area contributed by atoms with Crippen LogP contribution in [0.1, 0.15) is 46.9 Å². The molecule has 2 heterocycles. The summed E-state index contributed by atoms with van der Waals surface area (Å²) in [5.74, 6) is 1.56. The van der Waals surface area contributed by atoms with E-state index in [9.17, 15) is 9.90 Å². The summed E-state index contributed by atoms with van der Waals surface area (Å²) < 4.78 is 13.6. The lowest BCUT2D eigenvalue weighted by Crippen LogP contribution is -2.24. The summed E-state index contributed by atoms with van der Waals surface area (Å²) in [6, 6.07) is 34.0. The smallest absolute Gasteiger partial charge is 0.335 e. The molecule has 0 saturated carbocycles. The third-order valence-electron chi connectivity index (χ3n) is 7.71. The summed E-state index contributed by atoms with van der Waals surface area (Å²) in [5, 5.41) is 9.42. The number of aromatic nitrogens is 2. The zero-order valence-electron chi connectivity index (χ0n) is 24.3. The highest BCUT2D eigenvalue weighted by Gasteiger charge is 2.23. The maximum Gasteiger partial charge on any atom is 0.335 e. The van der Waals surface area contributed by atoms with Gasteiger partial charge in [0.25, 0.3) is 0 Å². The molecule has 218 valence electrons. The molecular weight excluding hydrogens is 538 g/mol. The molecule has 0 unspecified atom stereocenters. The molecule has 1 aliphatic rings. The van der Waals surface area contributed by atoms with Gasteiger partial charge in [-0.15, -0.1) is 0 Å². The van der Waals surface area contributed by atoms with Gasteiger partial charge in [0.15, 0.2) is 11.5 Å². The minimum absolute atomic E-state index is 0.234. The lowest BCUT2D eigenvalue weighted by Gasteiger charge is -2.25. The lowest BCUT2D eigenvalue weighted by atomic mass is 10.1. The van der Waals surface area contributed by atoms with Crippen LogP contribution in [-0.4, -0.2) is 32.3 Å². The van der Waals surface area contributed by atoms with E-state index in [-0.39, 0.29) is 12.4 Å². The van der Waals surface area contributed by atoms with Gasteiger partial charge < -0.3 is 19.1 Å². The SMILES string of the molecule is CCCCn1c(-c2ccccc2)nc(-c2ccccc2)c1CN(Cc1ccc(C(=O)O)cc1)Cc1ccc2c(c1)OCO2. The van der Waals surface area contributed by atoms with Crippen LogP contribution in [0.15, 0.2) is 103 Å². The number of ether oxygens (including phenoxy) is 2. The summed E-state index contributed by atoms with van der Waals surface area (Å²) in [5.41, 5.74) is 6.73. The molecule has 1 N–H and O–H groups in total. The quantitative estimate of drug-likeness (QED) is 0.165. The van der Waals surface area contributed by atoms with Crippen LogP contribution >= 0.6 is 0 Å². The number of hydrogen-bond donors (Lipinski definition) is 1. The van der Waals surface area contributed by atoms with Gasteiger partial charge in [-0.2, -0.15) is 0 Å². The van der Waals surface area contributed by atoms with E-state index in [0.717, 1.165) is 70.4 Å². The summed E-state index contributed by atoms with van der Waals surface area (Å²) in [6.45, 7) is 5.23. The van der Waals surface area contributed by atoms with Gasteiger partial charge >= 0.3 is 5.97 Å². The van der Waals surface area contributed by atoms with Gasteiger partial charge in [-0.05, 0) is 41.8 Å². The molecule has 1 aliphatic heterocycles. The molecular formula is C36H35N3O4. The van der Waals surface area contributed by atoms with Gasteiger partial charge in [-0.3, -0.25) is 4.90 Å². The maximum absolute atomic E-state index is 11.5. The summed E-state index contributed by atoms with van der Waals surface area (Å²) in [6.07, 6.45) is 2.11. The second-order valence-corrected chi connectivity index (χ2v) is 10.8. The number of fused-ring (bicyclic) bond motifs is 1. The number of carboxylic acid groups (broad SMARTS) is 1. The Bertz CT molecular complexity index is 1680. The number of carbonyl (C=O) groups is 1. The van der Waals surface area contributed by atoms with E-state index < -0.39 is 5.97 Å². The maximum atomic E-state index is 11.5. The van der Waals surface area contributed by atoms with Crippen molar-refractivity contribution in [2.75, 3.05) is 6.79 Å². The predicted molar refractivity (Wildman–Crippen MR) is 167 cm³/mol. The third-order valence-corrected chi connectivity index (χ3v) is 7.71. The molecule has 0 aliphatic carbocycles. The molecule has 7 heteroatoms. The van der Waals surface area contributed by atoms with Crippen LogP contribution in [-0.2, 0) is 26.2 Å². The average Bonchev–Trinajstić information content (AvgIpc) is 3.65. The highest BCUT2D eigenvalue weighted by Crippen LogP contribution is 2.34. The molecule has 1 aromatic heterocycles. The fraction of sp³-hybridized carbons (Fsp3) is 0.222. The van der Waals surface area contributed by atoms with E-state index in [1.165, 1.54) is 0 Å². The van der Waals surface area contributed by atoms with E-state index in [2.05, 4.69) is 71.0 Å². The standard InChI is InChI=1S/C36H35N3O4/c1-2-3-20-39-31(34(28-10-6-4-7-11-28)37-35(39)29-12-8-5-9-13-29)24-38(22-26-14-17-30(18-15-26)36(40)41)23-27-16-19-32-33(21-27)43-25-42-32/h4-19,21H,2-3,20,22-25H2,1H3,(H,40,41). The van der Waals surface area contributed by atoms with Crippen molar-refractivity contribution in [1.29, 1.82) is 0 Å². The Morgan fingerprint density at radius 2 is 1.47 bits per heavy atom. The van der Waals surface area contributed by atoms with Crippen LogP contribution < -0.4 is 9.47 Å². The van der Waals surface area contributed by atoms with E-state index in [1.54, 1.807) is 12.1 Å². The molecule has 0 saturated heterocycles. The zero-order chi connectivity index (χ0) is 29.6. The van der Waals surface area contributed by atoms with Crippen molar-refractivity contribution in [3.05, 3.63) is 126 Å². The van der Waals surface area contributed by atoms with Gasteiger partial charge in [-0.25, -0.2) is 9.78 Å². The van der Waals surface area contributed by atoms with Crippen molar-refractivity contribution in [2.45, 2.75) is 45.9 Å². The number of imidazole rings is 1. The second kappa shape index (κ2) is 13.0. The third kappa shape index (κ3) is 6.47. The summed E-state index contributed by atoms with van der Waals surface area (Å²) in [4.78, 5) is 19.1. The van der Waals surface area contributed by atoms with Crippen LogP contribution in [0, 0.1) is 0 Å². The van der Waals surface area contributed by atoms with E-state index in [0.29, 0.717) is 19.6 Å². The highest BCUT2D eigenvalue weighted by molar-refractivity contribution is 5.87. The summed E-state index contributed by atoms with van der Waals surface area (Å²) in [7, 11) is 0. The first-order valence-corrected chi connectivity index (χ1v) is 14.7. The van der Waals surface area contributed by atoms with E-state index in [4.69, 9.17) is 14.5 Å². The van der Waals surface area contributed by atoms with Crippen LogP contribution in [0.2, 0.25) is 0 Å². The van der Waals surface area contributed by atoms with Crippen molar-refractivity contribution < 1.29 is 19.4 Å². The molecule has 0 fully saturated rings. The van der Waals surface area contributed by atoms with Crippen molar-refractivity contribution >= 4 is 5.97 Å². The molecule has 0 atom stereocenters. The zero-order valence-corrected chi connectivity index (χ0v) is 24.3. The number of unbranched alkanes of at least 4 members (excludes halogenated alkanes) is 1. The molecule has 43 heavy (non-hydrogen) atoms. The Labute approximate surface area is 252 Å². The largest absolute Gasteiger partial charge is 0.478 e. The van der Waals surface area contributed by atoms with Crippen LogP contribution in [0.3, 0.4) is 0 Å². The highest BCUT2D eigenvalue weighted by atomic mass is 16.7. The second-order valence-electron chi connectivity index (χ2n) is 10.8. The van der Waals surface area contributed by atoms with Crippen molar-refractivity contribution in [3.63, 3.8) is 0 Å². The predicted octanol–water partition coefficient (Wildman–Crippen LogP) is 7.65. The normalized spacial score (nSPS) is 12.1. The molecule has 6 rings (SSSR count). The number of carboxylic acids is 1. The molecule has 4 aromatic carbocycles. The Morgan fingerprint density at radius 1 is 0.814 bits per heavy atom. The van der Waals surface area contributed by atoms with Gasteiger partial charge in [0.2, 0.25) is 6.79 Å². The lowest BCUT2D eigenvalue weighted by molar-refractivity contribution is 0.0697.